The van der Waals surface area contributed by atoms with Gasteiger partial charge < -0.3 is 5.73 Å². The van der Waals surface area contributed by atoms with Crippen molar-refractivity contribution in [3.8, 4) is 0 Å². The summed E-state index contributed by atoms with van der Waals surface area (Å²) in [6.07, 6.45) is 1.55. The maximum atomic E-state index is 13.4. The summed E-state index contributed by atoms with van der Waals surface area (Å²) in [5.41, 5.74) is 5.67. The summed E-state index contributed by atoms with van der Waals surface area (Å²) in [6.45, 7) is -0.00661. The Morgan fingerprint density at radius 1 is 1.31 bits per heavy atom. The summed E-state index contributed by atoms with van der Waals surface area (Å²) < 4.78 is 28.8. The van der Waals surface area contributed by atoms with Crippen molar-refractivity contribution >= 4 is 28.4 Å². The number of halogens is 3. The maximum absolute atomic E-state index is 13.4. The lowest BCUT2D eigenvalue weighted by atomic mass is 10.2. The summed E-state index contributed by atoms with van der Waals surface area (Å²) >= 11 is 2.01. The number of nitrogens with two attached hydrogens (primary N) is 1. The van der Waals surface area contributed by atoms with Gasteiger partial charge in [-0.05, 0) is 34.7 Å². The normalized spacial score (nSPS) is 10.7. The van der Waals surface area contributed by atoms with Crippen LogP contribution in [0.15, 0.2) is 24.4 Å². The second kappa shape index (κ2) is 4.36. The zero-order chi connectivity index (χ0) is 11.7. The van der Waals surface area contributed by atoms with Gasteiger partial charge in [0.1, 0.15) is 17.5 Å². The molecule has 0 bridgehead atoms. The van der Waals surface area contributed by atoms with Crippen LogP contribution in [0.4, 0.5) is 14.6 Å². The fourth-order valence-electron chi connectivity index (χ4n) is 1.33. The van der Waals surface area contributed by atoms with E-state index in [1.807, 2.05) is 22.6 Å². The summed E-state index contributed by atoms with van der Waals surface area (Å²) in [7, 11) is 0. The highest BCUT2D eigenvalue weighted by atomic mass is 127. The van der Waals surface area contributed by atoms with Gasteiger partial charge in [0.15, 0.2) is 0 Å². The van der Waals surface area contributed by atoms with Gasteiger partial charge in [-0.3, -0.25) is 0 Å². The summed E-state index contributed by atoms with van der Waals surface area (Å²) in [5.74, 6) is -0.780. The summed E-state index contributed by atoms with van der Waals surface area (Å²) in [4.78, 5) is 0. The zero-order valence-corrected chi connectivity index (χ0v) is 10.3. The zero-order valence-electron chi connectivity index (χ0n) is 8.12. The van der Waals surface area contributed by atoms with Gasteiger partial charge in [-0.1, -0.05) is 6.07 Å². The standard InChI is InChI=1S/C10H8F2IN3/c11-7-2-1-3-8(12)6(7)5-16-10(14)9(13)4-15-16/h1-4H,5,14H2. The number of hydrogen-bond donors (Lipinski definition) is 1. The van der Waals surface area contributed by atoms with E-state index in [0.717, 1.165) is 3.57 Å². The van der Waals surface area contributed by atoms with Crippen LogP contribution < -0.4 is 5.73 Å². The van der Waals surface area contributed by atoms with Gasteiger partial charge in [-0.15, -0.1) is 0 Å². The van der Waals surface area contributed by atoms with Crippen LogP contribution in [0, 0.1) is 15.2 Å². The van der Waals surface area contributed by atoms with Crippen molar-refractivity contribution in [3.63, 3.8) is 0 Å². The van der Waals surface area contributed by atoms with E-state index >= 15 is 0 Å². The first-order valence-corrected chi connectivity index (χ1v) is 5.57. The number of aromatic nitrogens is 2. The third kappa shape index (κ3) is 2.01. The number of nitrogens with zero attached hydrogens (tertiary/aromatic N) is 2. The molecule has 1 aromatic carbocycles. The van der Waals surface area contributed by atoms with Crippen LogP contribution >= 0.6 is 22.6 Å². The summed E-state index contributed by atoms with van der Waals surface area (Å²) in [5, 5.41) is 3.94. The second-order valence-electron chi connectivity index (χ2n) is 3.24. The molecule has 0 aliphatic carbocycles. The Bertz CT molecular complexity index is 505. The second-order valence-corrected chi connectivity index (χ2v) is 4.40. The first-order valence-electron chi connectivity index (χ1n) is 4.49. The van der Waals surface area contributed by atoms with Crippen LogP contribution in [-0.4, -0.2) is 9.78 Å². The fraction of sp³-hybridized carbons (Fsp3) is 0.100. The Labute approximate surface area is 104 Å². The Hall–Kier alpha value is -1.18. The number of rotatable bonds is 2. The van der Waals surface area contributed by atoms with Crippen molar-refractivity contribution in [2.24, 2.45) is 0 Å². The molecule has 2 N–H and O–H groups in total. The van der Waals surface area contributed by atoms with E-state index in [1.165, 1.54) is 22.9 Å². The van der Waals surface area contributed by atoms with E-state index in [1.54, 1.807) is 6.20 Å². The largest absolute Gasteiger partial charge is 0.383 e. The first-order chi connectivity index (χ1) is 7.59. The van der Waals surface area contributed by atoms with E-state index in [0.29, 0.717) is 5.82 Å². The van der Waals surface area contributed by atoms with Gasteiger partial charge in [0.25, 0.3) is 0 Å². The molecule has 2 rings (SSSR count). The predicted octanol–water partition coefficient (Wildman–Crippen LogP) is 2.40. The highest BCUT2D eigenvalue weighted by Gasteiger charge is 2.12. The van der Waals surface area contributed by atoms with E-state index in [4.69, 9.17) is 5.73 Å². The highest BCUT2D eigenvalue weighted by Crippen LogP contribution is 2.18. The Morgan fingerprint density at radius 2 is 1.94 bits per heavy atom. The minimum Gasteiger partial charge on any atom is -0.383 e. The maximum Gasteiger partial charge on any atom is 0.135 e. The van der Waals surface area contributed by atoms with Gasteiger partial charge in [-0.25, -0.2) is 13.5 Å². The molecule has 0 amide bonds. The molecule has 84 valence electrons. The molecule has 0 aliphatic heterocycles. The topological polar surface area (TPSA) is 43.8 Å². The summed E-state index contributed by atoms with van der Waals surface area (Å²) in [6, 6.07) is 3.75. The lowest BCUT2D eigenvalue weighted by Gasteiger charge is -2.06. The molecule has 1 heterocycles. The molecule has 0 fully saturated rings. The lowest BCUT2D eigenvalue weighted by molar-refractivity contribution is 0.535. The number of benzene rings is 1. The molecule has 0 unspecified atom stereocenters. The Balaban J connectivity index is 2.38. The van der Waals surface area contributed by atoms with E-state index in [9.17, 15) is 8.78 Å². The predicted molar refractivity (Wildman–Crippen MR) is 64.8 cm³/mol. The number of anilines is 1. The van der Waals surface area contributed by atoms with Gasteiger partial charge in [-0.2, -0.15) is 5.10 Å². The van der Waals surface area contributed by atoms with Crippen LogP contribution in [0.3, 0.4) is 0 Å². The minimum atomic E-state index is -0.593. The molecule has 0 radical (unpaired) electrons. The molecular weight excluding hydrogens is 327 g/mol. The van der Waals surface area contributed by atoms with Crippen LogP contribution in [0.25, 0.3) is 0 Å². The van der Waals surface area contributed by atoms with Crippen molar-refractivity contribution < 1.29 is 8.78 Å². The van der Waals surface area contributed by atoms with Crippen molar-refractivity contribution in [1.29, 1.82) is 0 Å². The molecule has 16 heavy (non-hydrogen) atoms. The van der Waals surface area contributed by atoms with Gasteiger partial charge in [0.2, 0.25) is 0 Å². The lowest BCUT2D eigenvalue weighted by Crippen LogP contribution is -2.09. The fourth-order valence-corrected chi connectivity index (χ4v) is 1.73. The van der Waals surface area contributed by atoms with Crippen molar-refractivity contribution in [1.82, 2.24) is 9.78 Å². The van der Waals surface area contributed by atoms with Crippen LogP contribution in [0.5, 0.6) is 0 Å². The quantitative estimate of drug-likeness (QED) is 0.857. The monoisotopic (exact) mass is 335 g/mol. The molecule has 1 aromatic heterocycles. The smallest absolute Gasteiger partial charge is 0.135 e. The first kappa shape index (κ1) is 11.3. The average molecular weight is 335 g/mol. The van der Waals surface area contributed by atoms with Gasteiger partial charge in [0.05, 0.1) is 16.3 Å². The van der Waals surface area contributed by atoms with Gasteiger partial charge >= 0.3 is 0 Å². The molecule has 0 atom stereocenters. The van der Waals surface area contributed by atoms with Crippen molar-refractivity contribution in [2.75, 3.05) is 5.73 Å². The van der Waals surface area contributed by atoms with Gasteiger partial charge in [0, 0.05) is 5.56 Å². The molecule has 3 nitrogen and oxygen atoms in total. The molecule has 2 aromatic rings. The molecule has 0 aliphatic rings. The van der Waals surface area contributed by atoms with Crippen LogP contribution in [0.2, 0.25) is 0 Å². The molecular formula is C10H8F2IN3. The number of nitrogen functional groups attached to an aromatic ring is 1. The molecule has 0 spiro atoms. The van der Waals surface area contributed by atoms with Crippen molar-refractivity contribution in [2.45, 2.75) is 6.54 Å². The molecule has 0 saturated carbocycles. The van der Waals surface area contributed by atoms with E-state index < -0.39 is 11.6 Å². The number of hydrogen-bond acceptors (Lipinski definition) is 2. The third-order valence-corrected chi connectivity index (χ3v) is 3.03. The SMILES string of the molecule is Nc1c(I)cnn1Cc1c(F)cccc1F. The van der Waals surface area contributed by atoms with E-state index in [-0.39, 0.29) is 12.1 Å². The van der Waals surface area contributed by atoms with Crippen molar-refractivity contribution in [3.05, 3.63) is 45.2 Å². The third-order valence-electron chi connectivity index (χ3n) is 2.20. The molecule has 0 saturated heterocycles. The average Bonchev–Trinajstić information content (AvgIpc) is 2.55. The van der Waals surface area contributed by atoms with Crippen LogP contribution in [-0.2, 0) is 6.54 Å². The highest BCUT2D eigenvalue weighted by molar-refractivity contribution is 14.1. The minimum absolute atomic E-state index is 0.00661. The molecule has 6 heteroatoms. The Morgan fingerprint density at radius 3 is 2.44 bits per heavy atom. The Kier molecular flexibility index (Phi) is 3.08. The van der Waals surface area contributed by atoms with E-state index in [2.05, 4.69) is 5.10 Å². The van der Waals surface area contributed by atoms with Crippen LogP contribution in [0.1, 0.15) is 5.56 Å².